The lowest BCUT2D eigenvalue weighted by Gasteiger charge is -2.12. The maximum absolute atomic E-state index is 6.01. The molecule has 0 unspecified atom stereocenters. The molecule has 1 aromatic carbocycles. The summed E-state index contributed by atoms with van der Waals surface area (Å²) in [6, 6.07) is 3.43. The van der Waals surface area contributed by atoms with Crippen LogP contribution in [0.3, 0.4) is 0 Å². The van der Waals surface area contributed by atoms with E-state index in [0.29, 0.717) is 15.8 Å². The van der Waals surface area contributed by atoms with Crippen molar-refractivity contribution in [1.29, 1.82) is 0 Å². The number of hydrogen-bond acceptors (Lipinski definition) is 2. The van der Waals surface area contributed by atoms with E-state index in [4.69, 9.17) is 27.9 Å². The standard InChI is InChI=1S/C12H15Cl2NO/c1-12(2,3)15-7-8-5-9(13)6-10(14)11(8)16-4/h5-7H,1-4H3. The second-order valence-electron chi connectivity index (χ2n) is 4.44. The lowest BCUT2D eigenvalue weighted by atomic mass is 10.1. The number of hydrogen-bond donors (Lipinski definition) is 0. The van der Waals surface area contributed by atoms with Crippen molar-refractivity contribution >= 4 is 29.4 Å². The quantitative estimate of drug-likeness (QED) is 0.729. The van der Waals surface area contributed by atoms with Crippen molar-refractivity contribution in [2.75, 3.05) is 7.11 Å². The van der Waals surface area contributed by atoms with Crippen LogP contribution in [0.5, 0.6) is 5.75 Å². The molecule has 1 aromatic rings. The number of benzene rings is 1. The van der Waals surface area contributed by atoms with E-state index in [1.165, 1.54) is 0 Å². The van der Waals surface area contributed by atoms with Crippen LogP contribution in [0.4, 0.5) is 0 Å². The molecule has 0 spiro atoms. The first-order valence-corrected chi connectivity index (χ1v) is 5.67. The molecule has 0 saturated heterocycles. The minimum atomic E-state index is -0.139. The van der Waals surface area contributed by atoms with E-state index < -0.39 is 0 Å². The van der Waals surface area contributed by atoms with Crippen LogP contribution >= 0.6 is 23.2 Å². The average Bonchev–Trinajstić information content (AvgIpc) is 2.12. The summed E-state index contributed by atoms with van der Waals surface area (Å²) in [5, 5.41) is 1.06. The van der Waals surface area contributed by atoms with Crippen LogP contribution in [0.15, 0.2) is 17.1 Å². The molecule has 88 valence electrons. The van der Waals surface area contributed by atoms with Gasteiger partial charge in [0, 0.05) is 16.8 Å². The SMILES string of the molecule is COc1c(Cl)cc(Cl)cc1C=NC(C)(C)C. The van der Waals surface area contributed by atoms with Gasteiger partial charge in [0.25, 0.3) is 0 Å². The Bertz CT molecular complexity index is 408. The van der Waals surface area contributed by atoms with Gasteiger partial charge in [0.05, 0.1) is 17.7 Å². The fourth-order valence-corrected chi connectivity index (χ4v) is 1.74. The lowest BCUT2D eigenvalue weighted by molar-refractivity contribution is 0.414. The summed E-state index contributed by atoms with van der Waals surface area (Å²) >= 11 is 11.9. The first kappa shape index (κ1) is 13.3. The zero-order chi connectivity index (χ0) is 12.3. The van der Waals surface area contributed by atoms with Crippen molar-refractivity contribution in [2.24, 2.45) is 4.99 Å². The predicted octanol–water partition coefficient (Wildman–Crippen LogP) is 4.22. The predicted molar refractivity (Wildman–Crippen MR) is 70.4 cm³/mol. The van der Waals surface area contributed by atoms with Crippen molar-refractivity contribution in [3.63, 3.8) is 0 Å². The Morgan fingerprint density at radius 2 is 1.88 bits per heavy atom. The first-order chi connectivity index (χ1) is 7.33. The second kappa shape index (κ2) is 5.07. The second-order valence-corrected chi connectivity index (χ2v) is 5.28. The molecule has 0 aliphatic carbocycles. The molecule has 0 saturated carbocycles. The van der Waals surface area contributed by atoms with Gasteiger partial charge < -0.3 is 4.74 Å². The zero-order valence-electron chi connectivity index (χ0n) is 9.84. The zero-order valence-corrected chi connectivity index (χ0v) is 11.4. The van der Waals surface area contributed by atoms with Gasteiger partial charge in [-0.3, -0.25) is 4.99 Å². The van der Waals surface area contributed by atoms with Crippen molar-refractivity contribution in [1.82, 2.24) is 0 Å². The van der Waals surface area contributed by atoms with Gasteiger partial charge in [0.2, 0.25) is 0 Å². The fourth-order valence-electron chi connectivity index (χ4n) is 1.15. The molecule has 0 radical (unpaired) electrons. The van der Waals surface area contributed by atoms with E-state index in [-0.39, 0.29) is 5.54 Å². The molecule has 0 bridgehead atoms. The number of rotatable bonds is 2. The molecule has 0 aliphatic heterocycles. The maximum Gasteiger partial charge on any atom is 0.146 e. The Balaban J connectivity index is 3.17. The summed E-state index contributed by atoms with van der Waals surface area (Å²) in [6.45, 7) is 6.05. The topological polar surface area (TPSA) is 21.6 Å². The molecule has 1 rings (SSSR count). The van der Waals surface area contributed by atoms with E-state index in [0.717, 1.165) is 5.56 Å². The molecule has 0 fully saturated rings. The molecular formula is C12H15Cl2NO. The molecule has 0 amide bonds. The van der Waals surface area contributed by atoms with Crippen LogP contribution in [0, 0.1) is 0 Å². The van der Waals surface area contributed by atoms with Crippen LogP contribution < -0.4 is 4.74 Å². The van der Waals surface area contributed by atoms with Crippen molar-refractivity contribution in [3.05, 3.63) is 27.7 Å². The largest absolute Gasteiger partial charge is 0.495 e. The number of halogens is 2. The summed E-state index contributed by atoms with van der Waals surface area (Å²) in [5.74, 6) is 0.596. The Labute approximate surface area is 106 Å². The molecule has 0 N–H and O–H groups in total. The highest BCUT2D eigenvalue weighted by atomic mass is 35.5. The number of methoxy groups -OCH3 is 1. The molecule has 2 nitrogen and oxygen atoms in total. The first-order valence-electron chi connectivity index (χ1n) is 4.92. The monoisotopic (exact) mass is 259 g/mol. The summed E-state index contributed by atoms with van der Waals surface area (Å²) < 4.78 is 5.21. The molecule has 16 heavy (non-hydrogen) atoms. The van der Waals surface area contributed by atoms with E-state index in [9.17, 15) is 0 Å². The van der Waals surface area contributed by atoms with Crippen molar-refractivity contribution < 1.29 is 4.74 Å². The summed E-state index contributed by atoms with van der Waals surface area (Å²) in [5.41, 5.74) is 0.648. The normalized spacial score (nSPS) is 12.1. The fraction of sp³-hybridized carbons (Fsp3) is 0.417. The highest BCUT2D eigenvalue weighted by molar-refractivity contribution is 6.36. The Morgan fingerprint density at radius 1 is 1.25 bits per heavy atom. The van der Waals surface area contributed by atoms with Crippen LogP contribution in [-0.2, 0) is 0 Å². The molecule has 0 heterocycles. The third-order valence-corrected chi connectivity index (χ3v) is 2.33. The third-order valence-electron chi connectivity index (χ3n) is 1.83. The minimum Gasteiger partial charge on any atom is -0.495 e. The lowest BCUT2D eigenvalue weighted by Crippen LogP contribution is -2.09. The smallest absolute Gasteiger partial charge is 0.146 e. The Morgan fingerprint density at radius 3 is 2.38 bits per heavy atom. The highest BCUT2D eigenvalue weighted by Crippen LogP contribution is 2.31. The van der Waals surface area contributed by atoms with Gasteiger partial charge in [-0.2, -0.15) is 0 Å². The van der Waals surface area contributed by atoms with Gasteiger partial charge in [-0.05, 0) is 32.9 Å². The van der Waals surface area contributed by atoms with Crippen molar-refractivity contribution in [3.8, 4) is 5.75 Å². The Hall–Kier alpha value is -0.730. The maximum atomic E-state index is 6.01. The van der Waals surface area contributed by atoms with Gasteiger partial charge in [-0.1, -0.05) is 23.2 Å². The molecule has 0 aliphatic rings. The minimum absolute atomic E-state index is 0.139. The number of nitrogens with zero attached hydrogens (tertiary/aromatic N) is 1. The molecule has 4 heteroatoms. The van der Waals surface area contributed by atoms with Crippen LogP contribution in [-0.4, -0.2) is 18.9 Å². The molecule has 0 atom stereocenters. The van der Waals surface area contributed by atoms with Crippen molar-refractivity contribution in [2.45, 2.75) is 26.3 Å². The van der Waals surface area contributed by atoms with Gasteiger partial charge in [0.15, 0.2) is 0 Å². The van der Waals surface area contributed by atoms with Gasteiger partial charge in [-0.15, -0.1) is 0 Å². The third kappa shape index (κ3) is 3.69. The van der Waals surface area contributed by atoms with Gasteiger partial charge in [-0.25, -0.2) is 0 Å². The summed E-state index contributed by atoms with van der Waals surface area (Å²) in [7, 11) is 1.57. The van der Waals surface area contributed by atoms with Crippen LogP contribution in [0.2, 0.25) is 10.0 Å². The number of ether oxygens (including phenoxy) is 1. The Kier molecular flexibility index (Phi) is 4.22. The summed E-state index contributed by atoms with van der Waals surface area (Å²) in [4.78, 5) is 4.40. The van der Waals surface area contributed by atoms with Gasteiger partial charge in [0.1, 0.15) is 5.75 Å². The van der Waals surface area contributed by atoms with Gasteiger partial charge >= 0.3 is 0 Å². The summed E-state index contributed by atoms with van der Waals surface area (Å²) in [6.07, 6.45) is 1.73. The van der Waals surface area contributed by atoms with Crippen LogP contribution in [0.25, 0.3) is 0 Å². The number of aliphatic imine (C=N–C) groups is 1. The highest BCUT2D eigenvalue weighted by Gasteiger charge is 2.10. The van der Waals surface area contributed by atoms with E-state index in [1.807, 2.05) is 20.8 Å². The van der Waals surface area contributed by atoms with E-state index >= 15 is 0 Å². The molecular weight excluding hydrogens is 245 g/mol. The average molecular weight is 260 g/mol. The van der Waals surface area contributed by atoms with Crippen LogP contribution in [0.1, 0.15) is 26.3 Å². The van der Waals surface area contributed by atoms with E-state index in [1.54, 1.807) is 25.5 Å². The van der Waals surface area contributed by atoms with E-state index in [2.05, 4.69) is 4.99 Å². The molecule has 0 aromatic heterocycles.